The van der Waals surface area contributed by atoms with Gasteiger partial charge in [-0.25, -0.2) is 9.59 Å². The molecule has 7 heteroatoms. The molecule has 0 aliphatic heterocycles. The average molecular weight is 257 g/mol. The zero-order valence-electron chi connectivity index (χ0n) is 10.1. The summed E-state index contributed by atoms with van der Waals surface area (Å²) in [6.07, 6.45) is 4.69. The van der Waals surface area contributed by atoms with E-state index in [-0.39, 0.29) is 6.04 Å². The van der Waals surface area contributed by atoms with Crippen molar-refractivity contribution in [3.05, 3.63) is 0 Å². The molecule has 1 atom stereocenters. The molecule has 0 aromatic carbocycles. The Labute approximate surface area is 105 Å². The number of hydrogen-bond donors (Lipinski definition) is 4. The van der Waals surface area contributed by atoms with Crippen LogP contribution in [-0.4, -0.2) is 35.1 Å². The van der Waals surface area contributed by atoms with Crippen LogP contribution in [0.25, 0.3) is 0 Å². The summed E-state index contributed by atoms with van der Waals surface area (Å²) in [5.74, 6) is -2.03. The molecule has 0 saturated heterocycles. The number of nitrogens with two attached hydrogens (primary N) is 1. The van der Waals surface area contributed by atoms with Crippen LogP contribution in [0.1, 0.15) is 38.5 Å². The maximum atomic E-state index is 11.6. The van der Waals surface area contributed by atoms with Crippen LogP contribution in [0, 0.1) is 0 Å². The molecule has 1 rings (SSSR count). The van der Waals surface area contributed by atoms with Crippen molar-refractivity contribution >= 4 is 17.9 Å². The van der Waals surface area contributed by atoms with Gasteiger partial charge < -0.3 is 21.5 Å². The second-order valence-corrected chi connectivity index (χ2v) is 4.51. The summed E-state index contributed by atoms with van der Waals surface area (Å²) in [7, 11) is 0. The Morgan fingerprint density at radius 1 is 1.22 bits per heavy atom. The molecule has 0 aromatic rings. The molecular weight excluding hydrogens is 238 g/mol. The summed E-state index contributed by atoms with van der Waals surface area (Å²) in [6.45, 7) is 0. The Hall–Kier alpha value is -1.79. The minimum absolute atomic E-state index is 0.0850. The van der Waals surface area contributed by atoms with E-state index in [2.05, 4.69) is 10.6 Å². The molecule has 0 heterocycles. The summed E-state index contributed by atoms with van der Waals surface area (Å²) >= 11 is 0. The van der Waals surface area contributed by atoms with Gasteiger partial charge in [-0.2, -0.15) is 0 Å². The van der Waals surface area contributed by atoms with E-state index in [1.807, 2.05) is 0 Å². The fourth-order valence-corrected chi connectivity index (χ4v) is 2.03. The Kier molecular flexibility index (Phi) is 5.41. The zero-order valence-corrected chi connectivity index (χ0v) is 10.1. The number of carbonyl (C=O) groups excluding carboxylic acids is 2. The lowest BCUT2D eigenvalue weighted by Gasteiger charge is -2.23. The van der Waals surface area contributed by atoms with Crippen LogP contribution >= 0.6 is 0 Å². The molecule has 7 nitrogen and oxygen atoms in total. The van der Waals surface area contributed by atoms with Gasteiger partial charge in [-0.3, -0.25) is 4.79 Å². The van der Waals surface area contributed by atoms with Crippen molar-refractivity contribution in [2.24, 2.45) is 5.73 Å². The third-order valence-corrected chi connectivity index (χ3v) is 2.95. The Balaban J connectivity index is 2.40. The van der Waals surface area contributed by atoms with E-state index in [0.717, 1.165) is 25.7 Å². The minimum atomic E-state index is -1.27. The van der Waals surface area contributed by atoms with Crippen LogP contribution < -0.4 is 16.4 Å². The van der Waals surface area contributed by atoms with E-state index in [9.17, 15) is 14.4 Å². The fraction of sp³-hybridized carbons (Fsp3) is 0.727. The maximum absolute atomic E-state index is 11.6. The zero-order chi connectivity index (χ0) is 13.5. The average Bonchev–Trinajstić information content (AvgIpc) is 2.28. The highest BCUT2D eigenvalue weighted by atomic mass is 16.4. The molecule has 102 valence electrons. The quantitative estimate of drug-likeness (QED) is 0.551. The monoisotopic (exact) mass is 257 g/mol. The molecule has 1 aliphatic rings. The number of aliphatic carboxylic acids is 1. The van der Waals surface area contributed by atoms with Crippen LogP contribution in [0.2, 0.25) is 0 Å². The van der Waals surface area contributed by atoms with Crippen LogP contribution in [-0.2, 0) is 9.59 Å². The van der Waals surface area contributed by atoms with Gasteiger partial charge in [-0.15, -0.1) is 0 Å². The van der Waals surface area contributed by atoms with Gasteiger partial charge in [0.1, 0.15) is 6.04 Å². The highest BCUT2D eigenvalue weighted by molar-refractivity contribution is 5.87. The van der Waals surface area contributed by atoms with Gasteiger partial charge in [0.15, 0.2) is 0 Å². The lowest BCUT2D eigenvalue weighted by Crippen LogP contribution is -2.50. The molecule has 18 heavy (non-hydrogen) atoms. The summed E-state index contributed by atoms with van der Waals surface area (Å²) in [5.41, 5.74) is 4.92. The standard InChI is InChI=1S/C11H19N3O4/c12-9(15)6-8(10(16)17)14-11(18)13-7-4-2-1-3-5-7/h7-8H,1-6H2,(H2,12,15)(H,16,17)(H2,13,14,18)/t8-/m0/s1. The fourth-order valence-electron chi connectivity index (χ4n) is 2.03. The van der Waals surface area contributed by atoms with Crippen molar-refractivity contribution < 1.29 is 19.5 Å². The molecule has 0 aromatic heterocycles. The molecule has 0 spiro atoms. The highest BCUT2D eigenvalue weighted by Gasteiger charge is 2.23. The first-order chi connectivity index (χ1) is 8.49. The summed E-state index contributed by atoms with van der Waals surface area (Å²) in [6, 6.07) is -1.75. The van der Waals surface area contributed by atoms with Crippen molar-refractivity contribution in [1.29, 1.82) is 0 Å². The number of carboxylic acid groups (broad SMARTS) is 1. The van der Waals surface area contributed by atoms with E-state index in [1.165, 1.54) is 6.42 Å². The molecule has 1 fully saturated rings. The molecule has 0 radical (unpaired) electrons. The highest BCUT2D eigenvalue weighted by Crippen LogP contribution is 2.17. The number of carboxylic acids is 1. The van der Waals surface area contributed by atoms with Crippen molar-refractivity contribution in [3.8, 4) is 0 Å². The number of urea groups is 1. The summed E-state index contributed by atoms with van der Waals surface area (Å²) < 4.78 is 0. The third kappa shape index (κ3) is 5.03. The second-order valence-electron chi connectivity index (χ2n) is 4.51. The number of primary amides is 1. The summed E-state index contributed by atoms with van der Waals surface area (Å²) in [4.78, 5) is 33.1. The Morgan fingerprint density at radius 3 is 2.33 bits per heavy atom. The van der Waals surface area contributed by atoms with E-state index < -0.39 is 30.4 Å². The first kappa shape index (κ1) is 14.3. The van der Waals surface area contributed by atoms with Crippen molar-refractivity contribution in [3.63, 3.8) is 0 Å². The molecular formula is C11H19N3O4. The third-order valence-electron chi connectivity index (χ3n) is 2.95. The van der Waals surface area contributed by atoms with Gasteiger partial charge in [-0.1, -0.05) is 19.3 Å². The van der Waals surface area contributed by atoms with Gasteiger partial charge in [0.05, 0.1) is 6.42 Å². The number of hydrogen-bond acceptors (Lipinski definition) is 3. The van der Waals surface area contributed by atoms with Crippen molar-refractivity contribution in [1.82, 2.24) is 10.6 Å². The molecule has 0 unspecified atom stereocenters. The predicted octanol–water partition coefficient (Wildman–Crippen LogP) is -0.0531. The van der Waals surface area contributed by atoms with Gasteiger partial charge in [-0.05, 0) is 12.8 Å². The lowest BCUT2D eigenvalue weighted by molar-refractivity contribution is -0.140. The lowest BCUT2D eigenvalue weighted by atomic mass is 9.96. The molecule has 0 bridgehead atoms. The predicted molar refractivity (Wildman–Crippen MR) is 63.8 cm³/mol. The summed E-state index contributed by atoms with van der Waals surface area (Å²) in [5, 5.41) is 13.8. The normalized spacial score (nSPS) is 17.8. The van der Waals surface area contributed by atoms with E-state index in [4.69, 9.17) is 10.8 Å². The van der Waals surface area contributed by atoms with E-state index >= 15 is 0 Å². The molecule has 1 saturated carbocycles. The van der Waals surface area contributed by atoms with Gasteiger partial charge in [0.25, 0.3) is 0 Å². The first-order valence-electron chi connectivity index (χ1n) is 6.07. The van der Waals surface area contributed by atoms with Gasteiger partial charge in [0.2, 0.25) is 5.91 Å². The molecule has 5 N–H and O–H groups in total. The SMILES string of the molecule is NC(=O)C[C@H](NC(=O)NC1CCCCC1)C(=O)O. The number of amides is 3. The smallest absolute Gasteiger partial charge is 0.326 e. The van der Waals surface area contributed by atoms with Crippen LogP contribution in [0.5, 0.6) is 0 Å². The van der Waals surface area contributed by atoms with E-state index in [0.29, 0.717) is 0 Å². The number of nitrogens with one attached hydrogen (secondary N) is 2. The number of carbonyl (C=O) groups is 3. The topological polar surface area (TPSA) is 122 Å². The molecule has 1 aliphatic carbocycles. The van der Waals surface area contributed by atoms with Crippen LogP contribution in [0.3, 0.4) is 0 Å². The second kappa shape index (κ2) is 6.83. The maximum Gasteiger partial charge on any atom is 0.326 e. The molecule has 3 amide bonds. The largest absolute Gasteiger partial charge is 0.480 e. The van der Waals surface area contributed by atoms with Crippen LogP contribution in [0.15, 0.2) is 0 Å². The van der Waals surface area contributed by atoms with Crippen molar-refractivity contribution in [2.75, 3.05) is 0 Å². The Bertz CT molecular complexity index is 326. The number of rotatable bonds is 5. The van der Waals surface area contributed by atoms with Gasteiger partial charge in [0, 0.05) is 6.04 Å². The van der Waals surface area contributed by atoms with Crippen LogP contribution in [0.4, 0.5) is 4.79 Å². The first-order valence-corrected chi connectivity index (χ1v) is 6.07. The van der Waals surface area contributed by atoms with E-state index in [1.54, 1.807) is 0 Å². The minimum Gasteiger partial charge on any atom is -0.480 e. The van der Waals surface area contributed by atoms with Gasteiger partial charge >= 0.3 is 12.0 Å². The van der Waals surface area contributed by atoms with Crippen molar-refractivity contribution in [2.45, 2.75) is 50.6 Å². The Morgan fingerprint density at radius 2 is 1.83 bits per heavy atom.